The molecule has 2 aromatic heterocycles. The van der Waals surface area contributed by atoms with Crippen LogP contribution in [0.4, 0.5) is 20.8 Å². The molecule has 1 fully saturated rings. The summed E-state index contributed by atoms with van der Waals surface area (Å²) in [6, 6.07) is 13.6. The van der Waals surface area contributed by atoms with E-state index >= 15 is 0 Å². The first-order valence-electron chi connectivity index (χ1n) is 13.1. The predicted octanol–water partition coefficient (Wildman–Crippen LogP) is 4.30. The monoisotopic (exact) mass is 534 g/mol. The standard InChI is InChI=1S/C29H35FN6O3/c1-29(2,3)39-28(38)34-23-12-15-36(19-23)25-10-9-24(27(37)33-18-21-7-5-13-31-17-21)26(35-25)32-14-11-20-6-4-8-22(30)16-20/h4-10,13,16-17,23H,11-12,14-15,18-19H2,1-3H3,(H,32,35)(H,33,37)(H,34,38). The molecule has 9 nitrogen and oxygen atoms in total. The highest BCUT2D eigenvalue weighted by molar-refractivity contribution is 5.99. The van der Waals surface area contributed by atoms with Gasteiger partial charge in [0, 0.05) is 38.6 Å². The summed E-state index contributed by atoms with van der Waals surface area (Å²) in [5.74, 6) is 0.584. The Labute approximate surface area is 228 Å². The molecule has 1 atom stereocenters. The first-order valence-corrected chi connectivity index (χ1v) is 13.1. The number of nitrogens with one attached hydrogen (secondary N) is 3. The van der Waals surface area contributed by atoms with E-state index in [1.807, 2.05) is 45.0 Å². The third-order valence-corrected chi connectivity index (χ3v) is 6.13. The van der Waals surface area contributed by atoms with Crippen LogP contribution in [0.15, 0.2) is 60.9 Å². The number of amides is 2. The van der Waals surface area contributed by atoms with Crippen LogP contribution in [-0.4, -0.2) is 53.2 Å². The molecule has 3 aromatic rings. The number of pyridine rings is 2. The second kappa shape index (κ2) is 12.6. The van der Waals surface area contributed by atoms with E-state index in [2.05, 4.69) is 25.8 Å². The van der Waals surface area contributed by atoms with Crippen molar-refractivity contribution in [1.82, 2.24) is 20.6 Å². The Morgan fingerprint density at radius 1 is 1.13 bits per heavy atom. The van der Waals surface area contributed by atoms with Gasteiger partial charge in [-0.15, -0.1) is 0 Å². The molecule has 3 N–H and O–H groups in total. The van der Waals surface area contributed by atoms with Crippen molar-refractivity contribution in [2.24, 2.45) is 0 Å². The molecular weight excluding hydrogens is 499 g/mol. The van der Waals surface area contributed by atoms with Gasteiger partial charge >= 0.3 is 6.09 Å². The minimum absolute atomic E-state index is 0.0755. The van der Waals surface area contributed by atoms with E-state index in [1.54, 1.807) is 24.5 Å². The van der Waals surface area contributed by atoms with Crippen molar-refractivity contribution >= 4 is 23.6 Å². The van der Waals surface area contributed by atoms with Crippen LogP contribution in [0.3, 0.4) is 0 Å². The van der Waals surface area contributed by atoms with E-state index in [-0.39, 0.29) is 17.8 Å². The zero-order valence-electron chi connectivity index (χ0n) is 22.5. The fourth-order valence-electron chi connectivity index (χ4n) is 4.30. The smallest absolute Gasteiger partial charge is 0.407 e. The number of aromatic nitrogens is 2. The number of anilines is 2. The number of rotatable bonds is 9. The molecule has 39 heavy (non-hydrogen) atoms. The normalized spacial score (nSPS) is 15.1. The van der Waals surface area contributed by atoms with Gasteiger partial charge in [-0.2, -0.15) is 0 Å². The van der Waals surface area contributed by atoms with Crippen molar-refractivity contribution < 1.29 is 18.7 Å². The Bertz CT molecular complexity index is 1280. The van der Waals surface area contributed by atoms with Crippen LogP contribution in [0.1, 0.15) is 48.7 Å². The number of carbonyl (C=O) groups excluding carboxylic acids is 2. The zero-order chi connectivity index (χ0) is 27.8. The third kappa shape index (κ3) is 8.39. The fourth-order valence-corrected chi connectivity index (χ4v) is 4.30. The van der Waals surface area contributed by atoms with Crippen LogP contribution in [0, 0.1) is 5.82 Å². The largest absolute Gasteiger partial charge is 0.444 e. The molecule has 1 unspecified atom stereocenters. The molecule has 2 amide bonds. The van der Waals surface area contributed by atoms with Gasteiger partial charge in [0.25, 0.3) is 5.91 Å². The Balaban J connectivity index is 1.45. The van der Waals surface area contributed by atoms with Crippen molar-refractivity contribution in [3.05, 3.63) is 83.4 Å². The Kier molecular flexibility index (Phi) is 8.96. The topological polar surface area (TPSA) is 108 Å². The number of ether oxygens (including phenoxy) is 1. The number of alkyl carbamates (subject to hydrolysis) is 1. The lowest BCUT2D eigenvalue weighted by molar-refractivity contribution is 0.0508. The van der Waals surface area contributed by atoms with Crippen LogP contribution >= 0.6 is 0 Å². The van der Waals surface area contributed by atoms with Crippen LogP contribution in [0.2, 0.25) is 0 Å². The first kappa shape index (κ1) is 27.8. The molecule has 1 aromatic carbocycles. The maximum Gasteiger partial charge on any atom is 0.407 e. The van der Waals surface area contributed by atoms with E-state index in [0.29, 0.717) is 49.8 Å². The molecule has 0 spiro atoms. The SMILES string of the molecule is CC(C)(C)OC(=O)NC1CCN(c2ccc(C(=O)NCc3cccnc3)c(NCCc3cccc(F)c3)n2)C1. The van der Waals surface area contributed by atoms with Gasteiger partial charge < -0.3 is 25.6 Å². The molecular formula is C29H35FN6O3. The maximum atomic E-state index is 13.6. The van der Waals surface area contributed by atoms with E-state index in [1.165, 1.54) is 12.1 Å². The van der Waals surface area contributed by atoms with E-state index in [9.17, 15) is 14.0 Å². The third-order valence-electron chi connectivity index (χ3n) is 6.13. The molecule has 206 valence electrons. The molecule has 0 saturated carbocycles. The van der Waals surface area contributed by atoms with Gasteiger partial charge in [0.2, 0.25) is 0 Å². The number of carbonyl (C=O) groups is 2. The summed E-state index contributed by atoms with van der Waals surface area (Å²) in [6.45, 7) is 7.55. The van der Waals surface area contributed by atoms with Gasteiger partial charge in [0.05, 0.1) is 11.6 Å². The highest BCUT2D eigenvalue weighted by Crippen LogP contribution is 2.24. The van der Waals surface area contributed by atoms with Gasteiger partial charge in [0.1, 0.15) is 23.1 Å². The highest BCUT2D eigenvalue weighted by Gasteiger charge is 2.27. The van der Waals surface area contributed by atoms with Crippen LogP contribution in [0.5, 0.6) is 0 Å². The molecule has 3 heterocycles. The summed E-state index contributed by atoms with van der Waals surface area (Å²) in [7, 11) is 0. The second-order valence-electron chi connectivity index (χ2n) is 10.5. The van der Waals surface area contributed by atoms with Crippen molar-refractivity contribution in [1.29, 1.82) is 0 Å². The Morgan fingerprint density at radius 3 is 2.69 bits per heavy atom. The lowest BCUT2D eigenvalue weighted by Crippen LogP contribution is -2.40. The fraction of sp³-hybridized carbons (Fsp3) is 0.379. The summed E-state index contributed by atoms with van der Waals surface area (Å²) >= 11 is 0. The average Bonchev–Trinajstić information content (AvgIpc) is 3.35. The quantitative estimate of drug-likeness (QED) is 0.376. The summed E-state index contributed by atoms with van der Waals surface area (Å²) in [4.78, 5) is 36.2. The molecule has 0 radical (unpaired) electrons. The predicted molar refractivity (Wildman–Crippen MR) is 148 cm³/mol. The molecule has 1 aliphatic rings. The number of hydrogen-bond acceptors (Lipinski definition) is 7. The minimum Gasteiger partial charge on any atom is -0.444 e. The second-order valence-corrected chi connectivity index (χ2v) is 10.5. The van der Waals surface area contributed by atoms with Gasteiger partial charge in [-0.05, 0) is 75.1 Å². The number of benzene rings is 1. The lowest BCUT2D eigenvalue weighted by Gasteiger charge is -2.22. The van der Waals surface area contributed by atoms with Crippen molar-refractivity contribution in [2.75, 3.05) is 29.9 Å². The zero-order valence-corrected chi connectivity index (χ0v) is 22.5. The van der Waals surface area contributed by atoms with Gasteiger partial charge in [0.15, 0.2) is 0 Å². The van der Waals surface area contributed by atoms with Gasteiger partial charge in [-0.3, -0.25) is 9.78 Å². The number of halogens is 1. The molecule has 10 heteroatoms. The van der Waals surface area contributed by atoms with Crippen LogP contribution < -0.4 is 20.9 Å². The average molecular weight is 535 g/mol. The number of nitrogens with zero attached hydrogens (tertiary/aromatic N) is 3. The van der Waals surface area contributed by atoms with Crippen molar-refractivity contribution in [2.45, 2.75) is 51.8 Å². The van der Waals surface area contributed by atoms with Gasteiger partial charge in [-0.1, -0.05) is 18.2 Å². The van der Waals surface area contributed by atoms with Crippen LogP contribution in [0.25, 0.3) is 0 Å². The van der Waals surface area contributed by atoms with E-state index in [0.717, 1.165) is 17.5 Å². The maximum absolute atomic E-state index is 13.6. The summed E-state index contributed by atoms with van der Waals surface area (Å²) < 4.78 is 19.0. The number of hydrogen-bond donors (Lipinski definition) is 3. The van der Waals surface area contributed by atoms with Crippen LogP contribution in [-0.2, 0) is 17.7 Å². The Hall–Kier alpha value is -4.21. The Morgan fingerprint density at radius 2 is 1.95 bits per heavy atom. The molecule has 1 saturated heterocycles. The summed E-state index contributed by atoms with van der Waals surface area (Å²) in [5.41, 5.74) is 1.57. The summed E-state index contributed by atoms with van der Waals surface area (Å²) in [6.07, 6.45) is 4.25. The van der Waals surface area contributed by atoms with Crippen molar-refractivity contribution in [3.8, 4) is 0 Å². The highest BCUT2D eigenvalue weighted by atomic mass is 19.1. The van der Waals surface area contributed by atoms with E-state index in [4.69, 9.17) is 9.72 Å². The molecule has 1 aliphatic heterocycles. The molecule has 0 aliphatic carbocycles. The van der Waals surface area contributed by atoms with Crippen molar-refractivity contribution in [3.63, 3.8) is 0 Å². The van der Waals surface area contributed by atoms with E-state index < -0.39 is 11.7 Å². The summed E-state index contributed by atoms with van der Waals surface area (Å²) in [5, 5.41) is 9.12. The minimum atomic E-state index is -0.566. The first-order chi connectivity index (χ1) is 18.7. The van der Waals surface area contributed by atoms with Gasteiger partial charge in [-0.25, -0.2) is 14.2 Å². The molecule has 4 rings (SSSR count). The molecule has 0 bridgehead atoms. The lowest BCUT2D eigenvalue weighted by atomic mass is 10.1.